The van der Waals surface area contributed by atoms with E-state index in [0.29, 0.717) is 22.1 Å². The van der Waals surface area contributed by atoms with Gasteiger partial charge in [-0.3, -0.25) is 9.10 Å². The molecule has 2 aromatic rings. The van der Waals surface area contributed by atoms with Crippen LogP contribution in [0.25, 0.3) is 0 Å². The molecule has 0 radical (unpaired) electrons. The fourth-order valence-electron chi connectivity index (χ4n) is 2.62. The second kappa shape index (κ2) is 6.57. The summed E-state index contributed by atoms with van der Waals surface area (Å²) < 4.78 is 31.1. The summed E-state index contributed by atoms with van der Waals surface area (Å²) in [4.78, 5) is 12.5. The summed E-state index contributed by atoms with van der Waals surface area (Å²) in [5.74, 6) is -0.120. The number of carbonyl (C=O) groups is 1. The van der Waals surface area contributed by atoms with E-state index in [4.69, 9.17) is 16.3 Å². The molecular formula is C17H17ClN2O4S. The van der Waals surface area contributed by atoms with E-state index < -0.39 is 22.0 Å². The van der Waals surface area contributed by atoms with Crippen LogP contribution >= 0.6 is 11.6 Å². The normalized spacial score (nSPS) is 16.8. The van der Waals surface area contributed by atoms with Gasteiger partial charge in [-0.05, 0) is 42.8 Å². The molecule has 6 nitrogen and oxygen atoms in total. The first-order chi connectivity index (χ1) is 11.7. The van der Waals surface area contributed by atoms with Gasteiger partial charge in [-0.15, -0.1) is 0 Å². The number of fused-ring (bicyclic) bond motifs is 1. The molecular weight excluding hydrogens is 364 g/mol. The highest BCUT2D eigenvalue weighted by Crippen LogP contribution is 2.37. The monoisotopic (exact) mass is 380 g/mol. The number of aryl methyl sites for hydroxylation is 1. The minimum atomic E-state index is -3.59. The Hall–Kier alpha value is -2.25. The molecule has 0 fully saturated rings. The number of anilines is 2. The average molecular weight is 381 g/mol. The Balaban J connectivity index is 1.89. The molecule has 3 rings (SSSR count). The average Bonchev–Trinajstić information content (AvgIpc) is 2.52. The molecule has 0 bridgehead atoms. The number of benzene rings is 2. The highest BCUT2D eigenvalue weighted by molar-refractivity contribution is 7.92. The van der Waals surface area contributed by atoms with Crippen molar-refractivity contribution >= 4 is 38.9 Å². The molecule has 1 N–H and O–H groups in total. The van der Waals surface area contributed by atoms with Crippen LogP contribution in [0.2, 0.25) is 5.02 Å². The number of hydrogen-bond acceptors (Lipinski definition) is 4. The molecule has 0 saturated carbocycles. The maximum absolute atomic E-state index is 12.5. The van der Waals surface area contributed by atoms with Crippen LogP contribution in [-0.4, -0.2) is 33.2 Å². The van der Waals surface area contributed by atoms with Crippen LogP contribution in [0.4, 0.5) is 11.4 Å². The first-order valence-corrected chi connectivity index (χ1v) is 9.78. The number of hydrogen-bond donors (Lipinski definition) is 1. The van der Waals surface area contributed by atoms with Gasteiger partial charge in [0.05, 0.1) is 18.5 Å². The van der Waals surface area contributed by atoms with Crippen LogP contribution in [0.5, 0.6) is 5.75 Å². The summed E-state index contributed by atoms with van der Waals surface area (Å²) in [5.41, 5.74) is 1.95. The maximum atomic E-state index is 12.5. The predicted octanol–water partition coefficient (Wildman–Crippen LogP) is 2.81. The minimum absolute atomic E-state index is 0.121. The summed E-state index contributed by atoms with van der Waals surface area (Å²) >= 11 is 5.96. The predicted molar refractivity (Wildman–Crippen MR) is 97.9 cm³/mol. The van der Waals surface area contributed by atoms with Gasteiger partial charge in [-0.2, -0.15) is 0 Å². The molecule has 1 amide bonds. The number of halogens is 1. The summed E-state index contributed by atoms with van der Waals surface area (Å²) in [7, 11) is -3.59. The van der Waals surface area contributed by atoms with Gasteiger partial charge < -0.3 is 10.1 Å². The third-order valence-corrected chi connectivity index (χ3v) is 5.15. The Morgan fingerprint density at radius 1 is 1.28 bits per heavy atom. The molecule has 8 heteroatoms. The van der Waals surface area contributed by atoms with Gasteiger partial charge in [-0.1, -0.05) is 23.7 Å². The number of sulfonamides is 1. The summed E-state index contributed by atoms with van der Waals surface area (Å²) in [6, 6.07) is 12.0. The molecule has 0 saturated heterocycles. The van der Waals surface area contributed by atoms with Gasteiger partial charge in [0.1, 0.15) is 5.75 Å². The largest absolute Gasteiger partial charge is 0.476 e. The first kappa shape index (κ1) is 17.6. The van der Waals surface area contributed by atoms with Crippen LogP contribution in [0.15, 0.2) is 42.5 Å². The maximum Gasteiger partial charge on any atom is 0.267 e. The highest BCUT2D eigenvalue weighted by atomic mass is 35.5. The SMILES string of the molecule is Cc1cccc(NC(=O)[C@@H]2CN(S(C)(=O)=O)c3cc(Cl)ccc3O2)c1. The molecule has 132 valence electrons. The number of nitrogens with one attached hydrogen (secondary N) is 1. The first-order valence-electron chi connectivity index (χ1n) is 7.55. The zero-order valence-corrected chi connectivity index (χ0v) is 15.3. The standard InChI is InChI=1S/C17H17ClN2O4S/c1-11-4-3-5-13(8-11)19-17(21)16-10-20(25(2,22)23)14-9-12(18)6-7-15(14)24-16/h3-9,16H,10H2,1-2H3,(H,19,21)/t16-/m0/s1. The van der Waals surface area contributed by atoms with Crippen molar-refractivity contribution in [1.82, 2.24) is 0 Å². The van der Waals surface area contributed by atoms with E-state index >= 15 is 0 Å². The van der Waals surface area contributed by atoms with E-state index in [0.717, 1.165) is 16.1 Å². The fourth-order valence-corrected chi connectivity index (χ4v) is 3.69. The fraction of sp³-hybridized carbons (Fsp3) is 0.235. The number of carbonyl (C=O) groups excluding carboxylic acids is 1. The minimum Gasteiger partial charge on any atom is -0.476 e. The molecule has 0 aromatic heterocycles. The van der Waals surface area contributed by atoms with E-state index in [2.05, 4.69) is 5.32 Å². The van der Waals surface area contributed by atoms with Crippen LogP contribution in [0.1, 0.15) is 5.56 Å². The quantitative estimate of drug-likeness (QED) is 0.888. The van der Waals surface area contributed by atoms with E-state index in [-0.39, 0.29) is 6.54 Å². The van der Waals surface area contributed by atoms with Gasteiger partial charge in [0.15, 0.2) is 6.10 Å². The van der Waals surface area contributed by atoms with Gasteiger partial charge in [0.2, 0.25) is 10.0 Å². The van der Waals surface area contributed by atoms with Crippen molar-refractivity contribution < 1.29 is 17.9 Å². The van der Waals surface area contributed by atoms with Crippen LogP contribution in [-0.2, 0) is 14.8 Å². The number of rotatable bonds is 3. The number of ether oxygens (including phenoxy) is 1. The van der Waals surface area contributed by atoms with Crippen molar-refractivity contribution in [2.24, 2.45) is 0 Å². The Morgan fingerprint density at radius 2 is 2.04 bits per heavy atom. The molecule has 1 aliphatic heterocycles. The molecule has 0 spiro atoms. The van der Waals surface area contributed by atoms with Gasteiger partial charge in [0, 0.05) is 10.7 Å². The zero-order chi connectivity index (χ0) is 18.2. The topological polar surface area (TPSA) is 75.7 Å². The lowest BCUT2D eigenvalue weighted by Gasteiger charge is -2.34. The van der Waals surface area contributed by atoms with Crippen LogP contribution < -0.4 is 14.4 Å². The molecule has 0 aliphatic carbocycles. The summed E-state index contributed by atoms with van der Waals surface area (Å²) in [6.45, 7) is 1.79. The van der Waals surface area contributed by atoms with Gasteiger partial charge in [0.25, 0.3) is 5.91 Å². The lowest BCUT2D eigenvalue weighted by atomic mass is 10.2. The van der Waals surface area contributed by atoms with E-state index in [1.165, 1.54) is 6.07 Å². The Bertz CT molecular complexity index is 930. The molecule has 1 aliphatic rings. The van der Waals surface area contributed by atoms with E-state index in [1.807, 2.05) is 25.1 Å². The van der Waals surface area contributed by atoms with Crippen molar-refractivity contribution in [3.63, 3.8) is 0 Å². The van der Waals surface area contributed by atoms with Gasteiger partial charge >= 0.3 is 0 Å². The lowest BCUT2D eigenvalue weighted by molar-refractivity contribution is -0.122. The Labute approximate surface area is 151 Å². The number of amides is 1. The van der Waals surface area contributed by atoms with Crippen molar-refractivity contribution in [1.29, 1.82) is 0 Å². The second-order valence-corrected chi connectivity index (χ2v) is 8.21. The zero-order valence-electron chi connectivity index (χ0n) is 13.7. The van der Waals surface area contributed by atoms with E-state index in [1.54, 1.807) is 18.2 Å². The third kappa shape index (κ3) is 3.88. The summed E-state index contributed by atoms with van der Waals surface area (Å²) in [5, 5.41) is 3.14. The van der Waals surface area contributed by atoms with Gasteiger partial charge in [-0.25, -0.2) is 8.42 Å². The van der Waals surface area contributed by atoms with Crippen molar-refractivity contribution in [3.05, 3.63) is 53.1 Å². The van der Waals surface area contributed by atoms with Crippen molar-refractivity contribution in [2.45, 2.75) is 13.0 Å². The summed E-state index contributed by atoms with van der Waals surface area (Å²) in [6.07, 6.45) is 0.113. The molecule has 1 atom stereocenters. The van der Waals surface area contributed by atoms with Crippen LogP contribution in [0, 0.1) is 6.92 Å². The Kier molecular flexibility index (Phi) is 4.62. The smallest absolute Gasteiger partial charge is 0.267 e. The lowest BCUT2D eigenvalue weighted by Crippen LogP contribution is -2.48. The second-order valence-electron chi connectivity index (χ2n) is 5.87. The van der Waals surface area contributed by atoms with Crippen LogP contribution in [0.3, 0.4) is 0 Å². The van der Waals surface area contributed by atoms with Crippen molar-refractivity contribution in [3.8, 4) is 5.75 Å². The Morgan fingerprint density at radius 3 is 2.72 bits per heavy atom. The third-order valence-electron chi connectivity index (χ3n) is 3.77. The molecule has 1 heterocycles. The molecule has 2 aromatic carbocycles. The number of nitrogens with zero attached hydrogens (tertiary/aromatic N) is 1. The van der Waals surface area contributed by atoms with Crippen molar-refractivity contribution in [2.75, 3.05) is 22.4 Å². The highest BCUT2D eigenvalue weighted by Gasteiger charge is 2.35. The molecule has 25 heavy (non-hydrogen) atoms. The van der Waals surface area contributed by atoms with E-state index in [9.17, 15) is 13.2 Å². The molecule has 0 unspecified atom stereocenters.